The minimum Gasteiger partial charge on any atom is -0.300 e. The molecule has 2 heterocycles. The van der Waals surface area contributed by atoms with Crippen LogP contribution in [0.3, 0.4) is 0 Å². The maximum atomic E-state index is 2.67. The number of hydrogen-bond donors (Lipinski definition) is 0. The summed E-state index contributed by atoms with van der Waals surface area (Å²) in [5.41, 5.74) is 0. The summed E-state index contributed by atoms with van der Waals surface area (Å²) in [6.45, 7) is 2.79. The molecule has 0 saturated carbocycles. The predicted molar refractivity (Wildman–Crippen MR) is 48.8 cm³/mol. The lowest BCUT2D eigenvalue weighted by Crippen LogP contribution is -2.33. The van der Waals surface area contributed by atoms with Crippen molar-refractivity contribution >= 4 is 17.0 Å². The van der Waals surface area contributed by atoms with Gasteiger partial charge in [0.2, 0.25) is 0 Å². The van der Waals surface area contributed by atoms with E-state index in [4.69, 9.17) is 0 Å². The van der Waals surface area contributed by atoms with Crippen molar-refractivity contribution in [2.45, 2.75) is 38.1 Å². The van der Waals surface area contributed by atoms with E-state index < -0.39 is 0 Å². The van der Waals surface area contributed by atoms with Gasteiger partial charge in [-0.15, -0.1) is 17.0 Å². The van der Waals surface area contributed by atoms with Gasteiger partial charge in [0.15, 0.2) is 0 Å². The van der Waals surface area contributed by atoms with Gasteiger partial charge in [-0.3, -0.25) is 0 Å². The molecule has 0 N–H and O–H groups in total. The first-order valence-corrected chi connectivity index (χ1v) is 4.21. The van der Waals surface area contributed by atoms with Crippen LogP contribution < -0.4 is 0 Å². The molecule has 1 atom stereocenters. The summed E-state index contributed by atoms with van der Waals surface area (Å²) in [6, 6.07) is 0.999. The lowest BCUT2D eigenvalue weighted by molar-refractivity contribution is 0.198. The third-order valence-electron chi connectivity index (χ3n) is 2.73. The van der Waals surface area contributed by atoms with Crippen LogP contribution in [-0.2, 0) is 0 Å². The van der Waals surface area contributed by atoms with Crippen LogP contribution in [0.15, 0.2) is 0 Å². The molecule has 0 aromatic rings. The van der Waals surface area contributed by atoms with Crippen LogP contribution in [0.2, 0.25) is 0 Å². The third kappa shape index (κ3) is 1.54. The van der Waals surface area contributed by atoms with Crippen LogP contribution >= 0.6 is 17.0 Å². The van der Waals surface area contributed by atoms with E-state index in [2.05, 4.69) is 4.90 Å². The van der Waals surface area contributed by atoms with Crippen molar-refractivity contribution in [1.29, 1.82) is 0 Å². The van der Waals surface area contributed by atoms with Gasteiger partial charge >= 0.3 is 0 Å². The Labute approximate surface area is 73.6 Å². The fourth-order valence-electron chi connectivity index (χ4n) is 2.21. The second-order valence-corrected chi connectivity index (χ2v) is 3.33. The molecule has 2 aliphatic rings. The van der Waals surface area contributed by atoms with E-state index in [1.165, 1.54) is 45.2 Å². The molecule has 10 heavy (non-hydrogen) atoms. The minimum absolute atomic E-state index is 0. The summed E-state index contributed by atoms with van der Waals surface area (Å²) in [4.78, 5) is 2.67. The zero-order valence-corrected chi connectivity index (χ0v) is 8.10. The highest BCUT2D eigenvalue weighted by atomic mass is 79.9. The lowest BCUT2D eigenvalue weighted by Gasteiger charge is -2.28. The molecule has 0 aliphatic carbocycles. The molecule has 2 rings (SSSR count). The number of piperidine rings is 1. The highest BCUT2D eigenvalue weighted by Crippen LogP contribution is 2.25. The van der Waals surface area contributed by atoms with Gasteiger partial charge in [0.25, 0.3) is 0 Å². The van der Waals surface area contributed by atoms with E-state index in [1.54, 1.807) is 0 Å². The van der Waals surface area contributed by atoms with Crippen molar-refractivity contribution in [2.24, 2.45) is 0 Å². The van der Waals surface area contributed by atoms with Crippen molar-refractivity contribution in [1.82, 2.24) is 4.90 Å². The first-order valence-electron chi connectivity index (χ1n) is 4.21. The number of nitrogens with zero attached hydrogens (tertiary/aromatic N) is 1. The first kappa shape index (κ1) is 8.54. The number of fused-ring (bicyclic) bond motifs is 1. The Hall–Kier alpha value is 0.440. The quantitative estimate of drug-likeness (QED) is 0.587. The number of hydrogen-bond acceptors (Lipinski definition) is 1. The molecule has 0 bridgehead atoms. The van der Waals surface area contributed by atoms with E-state index in [0.717, 1.165) is 6.04 Å². The second-order valence-electron chi connectivity index (χ2n) is 3.33. The van der Waals surface area contributed by atoms with Crippen LogP contribution in [0.4, 0.5) is 0 Å². The standard InChI is InChI=1S/C8H15N.BrH/c1-2-6-9-7-3-5-8(9)4-1;/h8H,1-7H2;1H/t8-;/m0./s1. The van der Waals surface area contributed by atoms with Crippen molar-refractivity contribution in [2.75, 3.05) is 13.1 Å². The van der Waals surface area contributed by atoms with Crippen LogP contribution in [-0.4, -0.2) is 24.0 Å². The van der Waals surface area contributed by atoms with Gasteiger partial charge in [0.05, 0.1) is 0 Å². The zero-order valence-electron chi connectivity index (χ0n) is 6.38. The molecule has 2 saturated heterocycles. The molecule has 2 heteroatoms. The summed E-state index contributed by atoms with van der Waals surface area (Å²) < 4.78 is 0. The summed E-state index contributed by atoms with van der Waals surface area (Å²) in [5.74, 6) is 0. The Morgan fingerprint density at radius 2 is 1.60 bits per heavy atom. The van der Waals surface area contributed by atoms with E-state index in [1.807, 2.05) is 0 Å². The largest absolute Gasteiger partial charge is 0.300 e. The topological polar surface area (TPSA) is 3.24 Å². The van der Waals surface area contributed by atoms with Crippen LogP contribution in [0.5, 0.6) is 0 Å². The Balaban J connectivity index is 0.000000500. The predicted octanol–water partition coefficient (Wildman–Crippen LogP) is 2.21. The zero-order chi connectivity index (χ0) is 6.10. The summed E-state index contributed by atoms with van der Waals surface area (Å²) >= 11 is 0. The molecule has 2 aliphatic heterocycles. The first-order chi connectivity index (χ1) is 4.47. The van der Waals surface area contributed by atoms with E-state index in [-0.39, 0.29) is 17.0 Å². The fraction of sp³-hybridized carbons (Fsp3) is 1.00. The van der Waals surface area contributed by atoms with Gasteiger partial charge in [0, 0.05) is 6.04 Å². The molecule has 0 spiro atoms. The van der Waals surface area contributed by atoms with Crippen LogP contribution in [0.1, 0.15) is 32.1 Å². The molecule has 0 aromatic carbocycles. The number of halogens is 1. The summed E-state index contributed by atoms with van der Waals surface area (Å²) in [6.07, 6.45) is 7.38. The Morgan fingerprint density at radius 3 is 2.40 bits per heavy atom. The fourth-order valence-corrected chi connectivity index (χ4v) is 2.21. The lowest BCUT2D eigenvalue weighted by atomic mass is 10.0. The van der Waals surface area contributed by atoms with E-state index in [0.29, 0.717) is 0 Å². The average molecular weight is 206 g/mol. The van der Waals surface area contributed by atoms with Gasteiger partial charge in [-0.2, -0.15) is 0 Å². The highest BCUT2D eigenvalue weighted by Gasteiger charge is 2.25. The summed E-state index contributed by atoms with van der Waals surface area (Å²) in [5, 5.41) is 0. The molecule has 60 valence electrons. The number of rotatable bonds is 0. The minimum atomic E-state index is 0. The van der Waals surface area contributed by atoms with E-state index in [9.17, 15) is 0 Å². The van der Waals surface area contributed by atoms with Gasteiger partial charge < -0.3 is 4.90 Å². The molecular weight excluding hydrogens is 190 g/mol. The molecular formula is C8H16BrN. The Morgan fingerprint density at radius 1 is 0.900 bits per heavy atom. The van der Waals surface area contributed by atoms with Gasteiger partial charge in [-0.25, -0.2) is 0 Å². The molecule has 0 amide bonds. The summed E-state index contributed by atoms with van der Waals surface area (Å²) in [7, 11) is 0. The van der Waals surface area contributed by atoms with Gasteiger partial charge in [-0.1, -0.05) is 6.42 Å². The monoisotopic (exact) mass is 205 g/mol. The Bertz CT molecular complexity index is 93.4. The molecule has 0 radical (unpaired) electrons. The van der Waals surface area contributed by atoms with Crippen LogP contribution in [0, 0.1) is 0 Å². The SMILES string of the molecule is Br.C1CCN2CCC[C@@H]2C1. The van der Waals surface area contributed by atoms with Crippen molar-refractivity contribution in [3.63, 3.8) is 0 Å². The maximum Gasteiger partial charge on any atom is 0.00957 e. The Kier molecular flexibility index (Phi) is 3.18. The maximum absolute atomic E-state index is 2.67. The molecule has 1 nitrogen and oxygen atoms in total. The van der Waals surface area contributed by atoms with Gasteiger partial charge in [-0.05, 0) is 38.8 Å². The second kappa shape index (κ2) is 3.72. The average Bonchev–Trinajstić information content (AvgIpc) is 2.33. The van der Waals surface area contributed by atoms with Crippen molar-refractivity contribution in [3.05, 3.63) is 0 Å². The molecule has 2 fully saturated rings. The smallest absolute Gasteiger partial charge is 0.00957 e. The molecule has 0 unspecified atom stereocenters. The highest BCUT2D eigenvalue weighted by molar-refractivity contribution is 8.93. The van der Waals surface area contributed by atoms with E-state index >= 15 is 0 Å². The normalized spacial score (nSPS) is 33.0. The van der Waals surface area contributed by atoms with Gasteiger partial charge in [0.1, 0.15) is 0 Å². The van der Waals surface area contributed by atoms with Crippen molar-refractivity contribution < 1.29 is 0 Å². The van der Waals surface area contributed by atoms with Crippen molar-refractivity contribution in [3.8, 4) is 0 Å². The third-order valence-corrected chi connectivity index (χ3v) is 2.73. The van der Waals surface area contributed by atoms with Crippen LogP contribution in [0.25, 0.3) is 0 Å². The molecule has 0 aromatic heterocycles.